The molecule has 5 heteroatoms. The van der Waals surface area contributed by atoms with Gasteiger partial charge in [0.15, 0.2) is 12.1 Å². The highest BCUT2D eigenvalue weighted by Crippen LogP contribution is 2.18. The van der Waals surface area contributed by atoms with Gasteiger partial charge in [0.05, 0.1) is 0 Å². The molecule has 1 N–H and O–H groups in total. The third-order valence-corrected chi connectivity index (χ3v) is 3.10. The summed E-state index contributed by atoms with van der Waals surface area (Å²) in [4.78, 5) is 26.7. The SMILES string of the molecule is CC(C)(C)C(=O)Nc1ccc(Cn2ccnc2C=O)cc1. The molecule has 2 aromatic rings. The van der Waals surface area contributed by atoms with Gasteiger partial charge < -0.3 is 9.88 Å². The second-order valence-electron chi connectivity index (χ2n) is 5.93. The number of anilines is 1. The summed E-state index contributed by atoms with van der Waals surface area (Å²) in [6, 6.07) is 7.56. The molecule has 0 fully saturated rings. The maximum atomic E-state index is 11.9. The number of benzene rings is 1. The number of aromatic nitrogens is 2. The third kappa shape index (κ3) is 3.78. The summed E-state index contributed by atoms with van der Waals surface area (Å²) < 4.78 is 1.77. The Morgan fingerprint density at radius 2 is 1.95 bits per heavy atom. The van der Waals surface area contributed by atoms with Gasteiger partial charge in [-0.1, -0.05) is 32.9 Å². The van der Waals surface area contributed by atoms with E-state index in [1.807, 2.05) is 45.0 Å². The Morgan fingerprint density at radius 1 is 1.29 bits per heavy atom. The van der Waals surface area contributed by atoms with Gasteiger partial charge in [-0.25, -0.2) is 4.98 Å². The zero-order chi connectivity index (χ0) is 15.5. The van der Waals surface area contributed by atoms with Crippen LogP contribution < -0.4 is 5.32 Å². The molecule has 0 saturated carbocycles. The fourth-order valence-corrected chi connectivity index (χ4v) is 1.78. The lowest BCUT2D eigenvalue weighted by atomic mass is 9.95. The first kappa shape index (κ1) is 15.0. The summed E-state index contributed by atoms with van der Waals surface area (Å²) in [7, 11) is 0. The van der Waals surface area contributed by atoms with Crippen molar-refractivity contribution in [3.63, 3.8) is 0 Å². The number of hydrogen-bond acceptors (Lipinski definition) is 3. The molecule has 0 atom stereocenters. The molecule has 0 aliphatic rings. The Balaban J connectivity index is 2.06. The van der Waals surface area contributed by atoms with Gasteiger partial charge in [-0.15, -0.1) is 0 Å². The van der Waals surface area contributed by atoms with Gasteiger partial charge in [0, 0.05) is 30.0 Å². The molecule has 0 radical (unpaired) electrons. The molecule has 2 rings (SSSR count). The molecular formula is C16H19N3O2. The minimum Gasteiger partial charge on any atom is -0.326 e. The van der Waals surface area contributed by atoms with E-state index >= 15 is 0 Å². The van der Waals surface area contributed by atoms with Crippen molar-refractivity contribution in [2.75, 3.05) is 5.32 Å². The highest BCUT2D eigenvalue weighted by Gasteiger charge is 2.20. The first-order chi connectivity index (χ1) is 9.90. The number of rotatable bonds is 4. The molecule has 0 spiro atoms. The zero-order valence-electron chi connectivity index (χ0n) is 12.5. The number of nitrogens with zero attached hydrogens (tertiary/aromatic N) is 2. The average Bonchev–Trinajstić information content (AvgIpc) is 2.87. The minimum atomic E-state index is -0.422. The summed E-state index contributed by atoms with van der Waals surface area (Å²) in [6.45, 7) is 6.19. The van der Waals surface area contributed by atoms with Crippen LogP contribution in [-0.2, 0) is 11.3 Å². The number of hydrogen-bond donors (Lipinski definition) is 1. The fraction of sp³-hybridized carbons (Fsp3) is 0.312. The Kier molecular flexibility index (Phi) is 4.21. The van der Waals surface area contributed by atoms with Crippen LogP contribution >= 0.6 is 0 Å². The van der Waals surface area contributed by atoms with E-state index in [2.05, 4.69) is 10.3 Å². The van der Waals surface area contributed by atoms with Crippen LogP contribution in [0.1, 0.15) is 37.0 Å². The van der Waals surface area contributed by atoms with Crippen LogP contribution in [0.4, 0.5) is 5.69 Å². The number of carbonyl (C=O) groups is 2. The minimum absolute atomic E-state index is 0.0203. The van der Waals surface area contributed by atoms with E-state index in [0.29, 0.717) is 12.4 Å². The Hall–Kier alpha value is -2.43. The second kappa shape index (κ2) is 5.91. The summed E-state index contributed by atoms with van der Waals surface area (Å²) in [5.41, 5.74) is 1.37. The van der Waals surface area contributed by atoms with Crippen LogP contribution in [0.5, 0.6) is 0 Å². The molecule has 0 bridgehead atoms. The normalized spacial score (nSPS) is 11.2. The van der Waals surface area contributed by atoms with Gasteiger partial charge in [-0.3, -0.25) is 9.59 Å². The summed E-state index contributed by atoms with van der Waals surface area (Å²) in [5.74, 6) is 0.383. The van der Waals surface area contributed by atoms with Gasteiger partial charge >= 0.3 is 0 Å². The van der Waals surface area contributed by atoms with Crippen molar-refractivity contribution in [3.05, 3.63) is 48.0 Å². The highest BCUT2D eigenvalue weighted by molar-refractivity contribution is 5.94. The van der Waals surface area contributed by atoms with Gasteiger partial charge in [-0.2, -0.15) is 0 Å². The van der Waals surface area contributed by atoms with Crippen molar-refractivity contribution in [2.45, 2.75) is 27.3 Å². The topological polar surface area (TPSA) is 64.0 Å². The molecule has 1 heterocycles. The molecular weight excluding hydrogens is 266 g/mol. The van der Waals surface area contributed by atoms with Crippen molar-refractivity contribution in [1.29, 1.82) is 0 Å². The van der Waals surface area contributed by atoms with Crippen LogP contribution in [0.15, 0.2) is 36.7 Å². The van der Waals surface area contributed by atoms with Gasteiger partial charge in [0.2, 0.25) is 5.91 Å². The Labute approximate surface area is 124 Å². The largest absolute Gasteiger partial charge is 0.326 e. The number of imidazole rings is 1. The number of nitrogens with one attached hydrogen (secondary N) is 1. The predicted octanol–water partition coefficient (Wildman–Crippen LogP) is 2.73. The lowest BCUT2D eigenvalue weighted by Crippen LogP contribution is -2.27. The number of aldehydes is 1. The Morgan fingerprint density at radius 3 is 2.52 bits per heavy atom. The van der Waals surface area contributed by atoms with Crippen molar-refractivity contribution < 1.29 is 9.59 Å². The lowest BCUT2D eigenvalue weighted by Gasteiger charge is -2.17. The Bertz CT molecular complexity index is 636. The summed E-state index contributed by atoms with van der Waals surface area (Å²) >= 11 is 0. The smallest absolute Gasteiger partial charge is 0.229 e. The molecule has 110 valence electrons. The van der Waals surface area contributed by atoms with E-state index in [-0.39, 0.29) is 5.91 Å². The van der Waals surface area contributed by atoms with Crippen LogP contribution in [0.25, 0.3) is 0 Å². The molecule has 0 aliphatic carbocycles. The molecule has 0 unspecified atom stereocenters. The molecule has 1 amide bonds. The van der Waals surface area contributed by atoms with E-state index in [1.54, 1.807) is 17.0 Å². The van der Waals surface area contributed by atoms with Crippen molar-refractivity contribution in [2.24, 2.45) is 5.41 Å². The second-order valence-corrected chi connectivity index (χ2v) is 5.93. The number of carbonyl (C=O) groups excluding carboxylic acids is 2. The molecule has 0 saturated heterocycles. The van der Waals surface area contributed by atoms with Gasteiger partial charge in [0.1, 0.15) is 0 Å². The molecule has 1 aromatic carbocycles. The third-order valence-electron chi connectivity index (χ3n) is 3.10. The van der Waals surface area contributed by atoms with Crippen molar-refractivity contribution in [1.82, 2.24) is 9.55 Å². The first-order valence-electron chi connectivity index (χ1n) is 6.77. The van der Waals surface area contributed by atoms with Gasteiger partial charge in [-0.05, 0) is 17.7 Å². The molecule has 1 aromatic heterocycles. The monoisotopic (exact) mass is 285 g/mol. The average molecular weight is 285 g/mol. The maximum absolute atomic E-state index is 11.9. The summed E-state index contributed by atoms with van der Waals surface area (Å²) in [5, 5.41) is 2.88. The van der Waals surface area contributed by atoms with E-state index in [4.69, 9.17) is 0 Å². The van der Waals surface area contributed by atoms with E-state index < -0.39 is 5.41 Å². The van der Waals surface area contributed by atoms with Crippen molar-refractivity contribution in [3.8, 4) is 0 Å². The van der Waals surface area contributed by atoms with E-state index in [9.17, 15) is 9.59 Å². The molecule has 5 nitrogen and oxygen atoms in total. The fourth-order valence-electron chi connectivity index (χ4n) is 1.78. The standard InChI is InChI=1S/C16H19N3O2/c1-16(2,3)15(21)18-13-6-4-12(5-7-13)10-19-9-8-17-14(19)11-20/h4-9,11H,10H2,1-3H3,(H,18,21). The molecule has 0 aliphatic heterocycles. The van der Waals surface area contributed by atoms with Gasteiger partial charge in [0.25, 0.3) is 0 Å². The maximum Gasteiger partial charge on any atom is 0.229 e. The van der Waals surface area contributed by atoms with Crippen LogP contribution in [0.2, 0.25) is 0 Å². The van der Waals surface area contributed by atoms with E-state index in [1.165, 1.54) is 0 Å². The lowest BCUT2D eigenvalue weighted by molar-refractivity contribution is -0.123. The van der Waals surface area contributed by atoms with Crippen LogP contribution in [-0.4, -0.2) is 21.7 Å². The molecule has 21 heavy (non-hydrogen) atoms. The van der Waals surface area contributed by atoms with Crippen LogP contribution in [0, 0.1) is 5.41 Å². The van der Waals surface area contributed by atoms with Crippen LogP contribution in [0.3, 0.4) is 0 Å². The number of amides is 1. The zero-order valence-corrected chi connectivity index (χ0v) is 12.5. The first-order valence-corrected chi connectivity index (χ1v) is 6.77. The predicted molar refractivity (Wildman–Crippen MR) is 81.2 cm³/mol. The van der Waals surface area contributed by atoms with Crippen molar-refractivity contribution >= 4 is 17.9 Å². The van der Waals surface area contributed by atoms with E-state index in [0.717, 1.165) is 17.5 Å². The quantitative estimate of drug-likeness (QED) is 0.878. The summed E-state index contributed by atoms with van der Waals surface area (Å²) in [6.07, 6.45) is 4.10. The highest BCUT2D eigenvalue weighted by atomic mass is 16.2.